The molecule has 1 aliphatic rings. The van der Waals surface area contributed by atoms with Gasteiger partial charge in [-0.3, -0.25) is 4.57 Å². The predicted octanol–water partition coefficient (Wildman–Crippen LogP) is 2.74. The van der Waals surface area contributed by atoms with Crippen LogP contribution in [0.2, 0.25) is 0 Å². The van der Waals surface area contributed by atoms with Gasteiger partial charge in [-0.2, -0.15) is 4.20 Å². The molecular weight excluding hydrogens is 154 g/mol. The lowest BCUT2D eigenvalue weighted by Crippen LogP contribution is -2.19. The van der Waals surface area contributed by atoms with Gasteiger partial charge < -0.3 is 4.52 Å². The molecule has 0 radical (unpaired) electrons. The first-order valence-electron chi connectivity index (χ1n) is 3.61. The molecule has 10 heavy (non-hydrogen) atoms. The lowest BCUT2D eigenvalue weighted by Gasteiger charge is -2.26. The third-order valence-corrected chi connectivity index (χ3v) is 3.10. The smallest absolute Gasteiger partial charge is 0.302 e. The molecule has 0 aromatic rings. The fraction of sp³-hybridized carbons (Fsp3) is 1.00. The first-order chi connectivity index (χ1) is 4.64. The van der Waals surface area contributed by atoms with E-state index in [1.807, 2.05) is 0 Å². The van der Waals surface area contributed by atoms with Crippen molar-refractivity contribution in [3.8, 4) is 0 Å². The minimum atomic E-state index is -3.69. The van der Waals surface area contributed by atoms with Crippen LogP contribution in [-0.2, 0) is 9.09 Å². The summed E-state index contributed by atoms with van der Waals surface area (Å²) in [5.41, 5.74) is 0. The molecule has 4 heteroatoms. The van der Waals surface area contributed by atoms with Gasteiger partial charge in [0.05, 0.1) is 12.3 Å². The number of hydrogen-bond donors (Lipinski definition) is 0. The lowest BCUT2D eigenvalue weighted by molar-refractivity contribution is 0.113. The molecule has 0 spiro atoms. The van der Waals surface area contributed by atoms with Gasteiger partial charge in [0.2, 0.25) is 0 Å². The molecule has 0 saturated heterocycles. The summed E-state index contributed by atoms with van der Waals surface area (Å²) in [7, 11) is -3.69. The van der Waals surface area contributed by atoms with Gasteiger partial charge in [-0.25, -0.2) is 0 Å². The highest BCUT2D eigenvalue weighted by Crippen LogP contribution is 2.51. The zero-order chi connectivity index (χ0) is 7.61. The Bertz CT molecular complexity index is 156. The van der Waals surface area contributed by atoms with Gasteiger partial charge in [0.25, 0.3) is 0 Å². The van der Waals surface area contributed by atoms with Crippen molar-refractivity contribution in [2.75, 3.05) is 6.16 Å². The van der Waals surface area contributed by atoms with Crippen LogP contribution in [0.25, 0.3) is 0 Å². The molecule has 1 atom stereocenters. The van der Waals surface area contributed by atoms with Crippen molar-refractivity contribution in [3.05, 3.63) is 0 Å². The zero-order valence-electron chi connectivity index (χ0n) is 6.05. The van der Waals surface area contributed by atoms with Crippen molar-refractivity contribution in [2.24, 2.45) is 0 Å². The Hall–Kier alpha value is 0.120. The van der Waals surface area contributed by atoms with Crippen molar-refractivity contribution in [1.82, 2.24) is 0 Å². The van der Waals surface area contributed by atoms with E-state index in [2.05, 4.69) is 0 Å². The van der Waals surface area contributed by atoms with Gasteiger partial charge >= 0.3 is 7.68 Å². The second-order valence-corrected chi connectivity index (χ2v) is 4.59. The molecule has 0 bridgehead atoms. The van der Waals surface area contributed by atoms with Crippen LogP contribution in [0.4, 0.5) is 4.20 Å². The van der Waals surface area contributed by atoms with E-state index in [1.165, 1.54) is 0 Å². The Balaban J connectivity index is 2.28. The van der Waals surface area contributed by atoms with Crippen LogP contribution in [0.5, 0.6) is 0 Å². The van der Waals surface area contributed by atoms with Gasteiger partial charge in [0.15, 0.2) is 0 Å². The highest BCUT2D eigenvalue weighted by atomic mass is 31.2. The van der Waals surface area contributed by atoms with Crippen LogP contribution in [0.15, 0.2) is 0 Å². The SMILES string of the molecule is CCP(=O)(F)OC1CCC1. The summed E-state index contributed by atoms with van der Waals surface area (Å²) in [4.78, 5) is 0. The van der Waals surface area contributed by atoms with E-state index in [0.717, 1.165) is 19.3 Å². The molecule has 1 fully saturated rings. The highest BCUT2D eigenvalue weighted by Gasteiger charge is 2.28. The first-order valence-corrected chi connectivity index (χ1v) is 5.31. The minimum Gasteiger partial charge on any atom is -0.302 e. The van der Waals surface area contributed by atoms with Crippen LogP contribution in [-0.4, -0.2) is 12.3 Å². The molecule has 0 N–H and O–H groups in total. The molecule has 0 heterocycles. The molecule has 60 valence electrons. The van der Waals surface area contributed by atoms with Crippen LogP contribution >= 0.6 is 7.68 Å². The second kappa shape index (κ2) is 3.02. The van der Waals surface area contributed by atoms with E-state index in [9.17, 15) is 8.76 Å². The predicted molar refractivity (Wildman–Crippen MR) is 38.0 cm³/mol. The van der Waals surface area contributed by atoms with Crippen LogP contribution in [0, 0.1) is 0 Å². The third kappa shape index (κ3) is 2.06. The van der Waals surface area contributed by atoms with Gasteiger partial charge in [0.1, 0.15) is 0 Å². The summed E-state index contributed by atoms with van der Waals surface area (Å²) in [5, 5.41) is 0. The van der Waals surface area contributed by atoms with Crippen molar-refractivity contribution in [3.63, 3.8) is 0 Å². The maximum Gasteiger partial charge on any atom is 0.367 e. The monoisotopic (exact) mass is 166 g/mol. The van der Waals surface area contributed by atoms with E-state index in [4.69, 9.17) is 4.52 Å². The summed E-state index contributed by atoms with van der Waals surface area (Å²) in [5.74, 6) is 0. The standard InChI is InChI=1S/C6H12FO2P/c1-2-10(7,8)9-6-4-3-5-6/h6H,2-5H2,1H3. The highest BCUT2D eigenvalue weighted by molar-refractivity contribution is 7.53. The van der Waals surface area contributed by atoms with Crippen LogP contribution in [0.1, 0.15) is 26.2 Å². The zero-order valence-corrected chi connectivity index (χ0v) is 6.94. The van der Waals surface area contributed by atoms with Crippen molar-refractivity contribution >= 4 is 7.68 Å². The molecule has 1 rings (SSSR count). The normalized spacial score (nSPS) is 25.4. The van der Waals surface area contributed by atoms with Crippen molar-refractivity contribution in [2.45, 2.75) is 32.3 Å². The summed E-state index contributed by atoms with van der Waals surface area (Å²) < 4.78 is 28.0. The number of rotatable bonds is 3. The molecule has 0 aromatic heterocycles. The Morgan fingerprint density at radius 3 is 2.60 bits per heavy atom. The largest absolute Gasteiger partial charge is 0.367 e. The Morgan fingerprint density at radius 2 is 2.30 bits per heavy atom. The average molecular weight is 166 g/mol. The molecule has 0 amide bonds. The third-order valence-electron chi connectivity index (χ3n) is 1.74. The minimum absolute atomic E-state index is 0.00347. The Labute approximate surface area is 60.3 Å². The maximum atomic E-state index is 12.6. The van der Waals surface area contributed by atoms with Crippen LogP contribution < -0.4 is 0 Å². The topological polar surface area (TPSA) is 26.3 Å². The van der Waals surface area contributed by atoms with E-state index < -0.39 is 7.68 Å². The van der Waals surface area contributed by atoms with Gasteiger partial charge in [-0.1, -0.05) is 6.92 Å². The molecule has 0 aromatic carbocycles. The van der Waals surface area contributed by atoms with E-state index >= 15 is 0 Å². The molecule has 2 nitrogen and oxygen atoms in total. The van der Waals surface area contributed by atoms with Gasteiger partial charge in [-0.05, 0) is 19.3 Å². The van der Waals surface area contributed by atoms with Gasteiger partial charge in [-0.15, -0.1) is 0 Å². The summed E-state index contributed by atoms with van der Waals surface area (Å²) in [6.45, 7) is 1.54. The maximum absolute atomic E-state index is 12.6. The quantitative estimate of drug-likeness (QED) is 0.602. The van der Waals surface area contributed by atoms with E-state index in [-0.39, 0.29) is 12.3 Å². The first kappa shape index (κ1) is 8.22. The van der Waals surface area contributed by atoms with Crippen molar-refractivity contribution < 1.29 is 13.3 Å². The van der Waals surface area contributed by atoms with Crippen molar-refractivity contribution in [1.29, 1.82) is 0 Å². The number of hydrogen-bond acceptors (Lipinski definition) is 2. The summed E-state index contributed by atoms with van der Waals surface area (Å²) in [6.07, 6.45) is 2.76. The fourth-order valence-electron chi connectivity index (χ4n) is 0.773. The molecule has 1 aliphatic carbocycles. The fourth-order valence-corrected chi connectivity index (χ4v) is 1.58. The summed E-state index contributed by atoms with van der Waals surface area (Å²) >= 11 is 0. The molecular formula is C6H12FO2P. The van der Waals surface area contributed by atoms with Crippen LogP contribution in [0.3, 0.4) is 0 Å². The van der Waals surface area contributed by atoms with Gasteiger partial charge in [0, 0.05) is 0 Å². The van der Waals surface area contributed by atoms with E-state index in [0.29, 0.717) is 0 Å². The summed E-state index contributed by atoms with van der Waals surface area (Å²) in [6, 6.07) is 0. The lowest BCUT2D eigenvalue weighted by atomic mass is 9.97. The molecule has 1 unspecified atom stereocenters. The average Bonchev–Trinajstić information content (AvgIpc) is 1.80. The number of halogens is 1. The Kier molecular flexibility index (Phi) is 2.48. The van der Waals surface area contributed by atoms with E-state index in [1.54, 1.807) is 6.92 Å². The Morgan fingerprint density at radius 1 is 1.70 bits per heavy atom. The second-order valence-electron chi connectivity index (χ2n) is 2.56. The molecule has 1 saturated carbocycles. The molecule has 0 aliphatic heterocycles.